The Kier molecular flexibility index (Phi) is 5.85. The average molecular weight is 341 g/mol. The molecule has 1 aromatic heterocycles. The molecule has 1 unspecified atom stereocenters. The highest BCUT2D eigenvalue weighted by Crippen LogP contribution is 2.29. The number of rotatable bonds is 7. The van der Waals surface area contributed by atoms with E-state index in [0.717, 1.165) is 25.1 Å². The van der Waals surface area contributed by atoms with Crippen LogP contribution in [0.1, 0.15) is 29.3 Å². The van der Waals surface area contributed by atoms with Gasteiger partial charge in [0.15, 0.2) is 11.5 Å². The van der Waals surface area contributed by atoms with Crippen LogP contribution in [0.2, 0.25) is 0 Å². The predicted octanol–water partition coefficient (Wildman–Crippen LogP) is 2.15. The van der Waals surface area contributed by atoms with Crippen molar-refractivity contribution in [1.29, 1.82) is 0 Å². The third-order valence-corrected chi connectivity index (χ3v) is 4.02. The third kappa shape index (κ3) is 4.70. The van der Waals surface area contributed by atoms with Crippen molar-refractivity contribution in [2.24, 2.45) is 0 Å². The zero-order chi connectivity index (χ0) is 17.5. The van der Waals surface area contributed by atoms with E-state index in [2.05, 4.69) is 15.6 Å². The smallest absolute Gasteiger partial charge is 0.251 e. The number of pyridine rings is 1. The minimum absolute atomic E-state index is 0.0894. The maximum atomic E-state index is 12.4. The van der Waals surface area contributed by atoms with E-state index in [9.17, 15) is 4.79 Å². The van der Waals surface area contributed by atoms with E-state index in [1.165, 1.54) is 0 Å². The van der Waals surface area contributed by atoms with Gasteiger partial charge in [0.05, 0.1) is 6.61 Å². The number of amides is 1. The summed E-state index contributed by atoms with van der Waals surface area (Å²) >= 11 is 0. The van der Waals surface area contributed by atoms with Crippen LogP contribution in [0.4, 0.5) is 0 Å². The van der Waals surface area contributed by atoms with E-state index < -0.39 is 0 Å². The summed E-state index contributed by atoms with van der Waals surface area (Å²) < 4.78 is 11.5. The number of hydrogen-bond donors (Lipinski definition) is 2. The van der Waals surface area contributed by atoms with Gasteiger partial charge < -0.3 is 20.1 Å². The maximum absolute atomic E-state index is 12.4. The van der Waals surface area contributed by atoms with Gasteiger partial charge in [0, 0.05) is 36.1 Å². The fourth-order valence-electron chi connectivity index (χ4n) is 2.73. The molecule has 1 saturated heterocycles. The van der Waals surface area contributed by atoms with E-state index in [-0.39, 0.29) is 11.9 Å². The molecule has 0 radical (unpaired) electrons. The van der Waals surface area contributed by atoms with Gasteiger partial charge in [0.1, 0.15) is 6.61 Å². The van der Waals surface area contributed by atoms with Gasteiger partial charge in [-0.2, -0.15) is 0 Å². The van der Waals surface area contributed by atoms with Crippen LogP contribution in [-0.4, -0.2) is 36.6 Å². The Labute approximate surface area is 147 Å². The van der Waals surface area contributed by atoms with Crippen LogP contribution < -0.4 is 20.1 Å². The van der Waals surface area contributed by atoms with E-state index in [4.69, 9.17) is 9.47 Å². The Morgan fingerprint density at radius 2 is 2.24 bits per heavy atom. The van der Waals surface area contributed by atoms with Crippen molar-refractivity contribution in [3.05, 3.63) is 53.9 Å². The number of aromatic nitrogens is 1. The van der Waals surface area contributed by atoms with E-state index in [1.54, 1.807) is 30.6 Å². The summed E-state index contributed by atoms with van der Waals surface area (Å²) in [6.07, 6.45) is 4.44. The Hall–Kier alpha value is -2.60. The van der Waals surface area contributed by atoms with Gasteiger partial charge in [-0.15, -0.1) is 0 Å². The molecule has 1 fully saturated rings. The monoisotopic (exact) mass is 341 g/mol. The number of nitrogens with one attached hydrogen (secondary N) is 2. The first-order chi connectivity index (χ1) is 12.3. The Balaban J connectivity index is 1.69. The van der Waals surface area contributed by atoms with Crippen molar-refractivity contribution in [2.45, 2.75) is 26.0 Å². The molecule has 132 valence electrons. The van der Waals surface area contributed by atoms with Crippen molar-refractivity contribution in [3.8, 4) is 11.5 Å². The largest absolute Gasteiger partial charge is 0.490 e. The average Bonchev–Trinajstić information content (AvgIpc) is 3.14. The van der Waals surface area contributed by atoms with Gasteiger partial charge in [-0.1, -0.05) is 6.07 Å². The summed E-state index contributed by atoms with van der Waals surface area (Å²) in [6.45, 7) is 4.56. The molecular formula is C19H23N3O3. The van der Waals surface area contributed by atoms with Crippen LogP contribution in [0.5, 0.6) is 11.5 Å². The summed E-state index contributed by atoms with van der Waals surface area (Å²) in [7, 11) is 0. The molecule has 0 spiro atoms. The van der Waals surface area contributed by atoms with Gasteiger partial charge in [0.2, 0.25) is 0 Å². The number of carbonyl (C=O) groups is 1. The van der Waals surface area contributed by atoms with Crippen LogP contribution in [-0.2, 0) is 6.61 Å². The molecule has 6 heteroatoms. The lowest BCUT2D eigenvalue weighted by atomic mass is 10.1. The van der Waals surface area contributed by atoms with Crippen molar-refractivity contribution < 1.29 is 14.3 Å². The molecule has 2 N–H and O–H groups in total. The molecule has 3 rings (SSSR count). The van der Waals surface area contributed by atoms with E-state index in [1.807, 2.05) is 19.1 Å². The number of carbonyl (C=O) groups excluding carboxylic acids is 1. The Morgan fingerprint density at radius 1 is 1.32 bits per heavy atom. The van der Waals surface area contributed by atoms with Gasteiger partial charge in [-0.25, -0.2) is 0 Å². The maximum Gasteiger partial charge on any atom is 0.251 e. The zero-order valence-electron chi connectivity index (χ0n) is 14.3. The second-order valence-electron chi connectivity index (χ2n) is 5.91. The molecule has 2 aromatic rings. The number of nitrogens with zero attached hydrogens (tertiary/aromatic N) is 1. The van der Waals surface area contributed by atoms with Crippen LogP contribution in [0.3, 0.4) is 0 Å². The molecule has 25 heavy (non-hydrogen) atoms. The van der Waals surface area contributed by atoms with E-state index in [0.29, 0.717) is 30.3 Å². The summed E-state index contributed by atoms with van der Waals surface area (Å²) in [5.74, 6) is 1.10. The SMILES string of the molecule is CCOc1cc(C(=O)NC2CCNC2)ccc1OCc1cccnc1. The summed E-state index contributed by atoms with van der Waals surface area (Å²) in [4.78, 5) is 16.5. The molecule has 0 bridgehead atoms. The molecule has 1 aliphatic heterocycles. The van der Waals surface area contributed by atoms with Gasteiger partial charge in [-0.05, 0) is 44.2 Å². The zero-order valence-corrected chi connectivity index (χ0v) is 14.3. The first-order valence-electron chi connectivity index (χ1n) is 8.56. The Morgan fingerprint density at radius 3 is 2.96 bits per heavy atom. The molecule has 1 amide bonds. The molecule has 1 aliphatic rings. The van der Waals surface area contributed by atoms with Crippen LogP contribution >= 0.6 is 0 Å². The summed E-state index contributed by atoms with van der Waals surface area (Å²) in [5, 5.41) is 6.27. The van der Waals surface area contributed by atoms with Crippen molar-refractivity contribution in [2.75, 3.05) is 19.7 Å². The predicted molar refractivity (Wildman–Crippen MR) is 94.9 cm³/mol. The van der Waals surface area contributed by atoms with E-state index >= 15 is 0 Å². The standard InChI is InChI=1S/C19H23N3O3/c1-2-24-18-10-15(19(23)22-16-7-9-21-12-16)5-6-17(18)25-13-14-4-3-8-20-11-14/h3-6,8,10-11,16,21H,2,7,9,12-13H2,1H3,(H,22,23). The number of hydrogen-bond acceptors (Lipinski definition) is 5. The van der Waals surface area contributed by atoms with Crippen molar-refractivity contribution >= 4 is 5.91 Å². The summed E-state index contributed by atoms with van der Waals surface area (Å²) in [5.41, 5.74) is 1.55. The highest BCUT2D eigenvalue weighted by atomic mass is 16.5. The quantitative estimate of drug-likeness (QED) is 0.807. The topological polar surface area (TPSA) is 72.5 Å². The first kappa shape index (κ1) is 17.2. The lowest BCUT2D eigenvalue weighted by molar-refractivity contribution is 0.0939. The van der Waals surface area contributed by atoms with Crippen LogP contribution in [0, 0.1) is 0 Å². The highest BCUT2D eigenvalue weighted by molar-refractivity contribution is 5.95. The molecule has 2 heterocycles. The second-order valence-corrected chi connectivity index (χ2v) is 5.91. The number of benzene rings is 1. The van der Waals surface area contributed by atoms with Gasteiger partial charge in [0.25, 0.3) is 5.91 Å². The van der Waals surface area contributed by atoms with Gasteiger partial charge in [-0.3, -0.25) is 9.78 Å². The Bertz CT molecular complexity index is 700. The lowest BCUT2D eigenvalue weighted by Crippen LogP contribution is -2.36. The summed E-state index contributed by atoms with van der Waals surface area (Å²) in [6, 6.07) is 9.28. The molecule has 0 aliphatic carbocycles. The molecule has 1 atom stereocenters. The lowest BCUT2D eigenvalue weighted by Gasteiger charge is -2.15. The van der Waals surface area contributed by atoms with Crippen LogP contribution in [0.25, 0.3) is 0 Å². The number of ether oxygens (including phenoxy) is 2. The normalized spacial score (nSPS) is 16.4. The minimum atomic E-state index is -0.0894. The molecule has 6 nitrogen and oxygen atoms in total. The fourth-order valence-corrected chi connectivity index (χ4v) is 2.73. The molecular weight excluding hydrogens is 318 g/mol. The fraction of sp³-hybridized carbons (Fsp3) is 0.368. The van der Waals surface area contributed by atoms with Crippen LogP contribution in [0.15, 0.2) is 42.7 Å². The van der Waals surface area contributed by atoms with Gasteiger partial charge >= 0.3 is 0 Å². The molecule has 1 aromatic carbocycles. The van der Waals surface area contributed by atoms with Crippen molar-refractivity contribution in [3.63, 3.8) is 0 Å². The minimum Gasteiger partial charge on any atom is -0.490 e. The third-order valence-electron chi connectivity index (χ3n) is 4.02. The highest BCUT2D eigenvalue weighted by Gasteiger charge is 2.18. The first-order valence-corrected chi connectivity index (χ1v) is 8.56. The van der Waals surface area contributed by atoms with Crippen molar-refractivity contribution in [1.82, 2.24) is 15.6 Å². The second kappa shape index (κ2) is 8.48. The molecule has 0 saturated carbocycles.